The highest BCUT2D eigenvalue weighted by molar-refractivity contribution is 9.10. The van der Waals surface area contributed by atoms with E-state index in [1.54, 1.807) is 6.07 Å². The Balaban J connectivity index is 1.62. The van der Waals surface area contributed by atoms with Crippen LogP contribution in [0.1, 0.15) is 29.3 Å². The van der Waals surface area contributed by atoms with E-state index in [0.717, 1.165) is 43.3 Å². The molecule has 6 aromatic rings. The number of rotatable bonds is 7. The molecule has 8 heteroatoms. The number of aromatic amines is 1. The molecule has 212 valence electrons. The van der Waals surface area contributed by atoms with Gasteiger partial charge in [-0.1, -0.05) is 73.2 Å². The topological polar surface area (TPSA) is 83.4 Å². The minimum Gasteiger partial charge on any atom is -0.455 e. The van der Waals surface area contributed by atoms with E-state index in [2.05, 4.69) is 20.9 Å². The number of nitrogens with one attached hydrogen (secondary N) is 1. The molecule has 4 aromatic carbocycles. The van der Waals surface area contributed by atoms with Crippen molar-refractivity contribution in [3.05, 3.63) is 101 Å². The van der Waals surface area contributed by atoms with E-state index in [1.165, 1.54) is 17.6 Å². The number of Topliss-reactive ketones (excluding diaryl/α,β-unsaturated/α-hetero) is 1. The second-order valence-electron chi connectivity index (χ2n) is 10.5. The highest BCUT2D eigenvalue weighted by Gasteiger charge is 2.26. The van der Waals surface area contributed by atoms with Crippen LogP contribution in [0.2, 0.25) is 0 Å². The molecule has 42 heavy (non-hydrogen) atoms. The average molecular weight is 642 g/mol. The maximum absolute atomic E-state index is 13.4. The molecular formula is C34H29BrN2O4S. The number of aryl methyl sites for hydroxylation is 1. The number of carbonyl (C=O) groups is 1. The molecule has 2 aromatic heterocycles. The van der Waals surface area contributed by atoms with Crippen molar-refractivity contribution in [1.82, 2.24) is 4.98 Å². The molecule has 0 atom stereocenters. The third-order valence-electron chi connectivity index (χ3n) is 7.66. The molecule has 0 spiro atoms. The van der Waals surface area contributed by atoms with Crippen LogP contribution in [0.4, 0.5) is 5.69 Å². The van der Waals surface area contributed by atoms with Crippen LogP contribution in [0.5, 0.6) is 0 Å². The summed E-state index contributed by atoms with van der Waals surface area (Å²) in [5.41, 5.74) is 7.63. The van der Waals surface area contributed by atoms with Gasteiger partial charge in [-0.15, -0.1) is 0 Å². The van der Waals surface area contributed by atoms with Crippen LogP contribution in [0, 0.1) is 6.92 Å². The van der Waals surface area contributed by atoms with Crippen LogP contribution in [-0.2, 0) is 10.0 Å². The van der Waals surface area contributed by atoms with Crippen LogP contribution < -0.4 is 4.31 Å². The maximum Gasteiger partial charge on any atom is 0.232 e. The third kappa shape index (κ3) is 4.84. The predicted octanol–water partition coefficient (Wildman–Crippen LogP) is 8.97. The zero-order valence-corrected chi connectivity index (χ0v) is 26.1. The van der Waals surface area contributed by atoms with E-state index in [4.69, 9.17) is 4.42 Å². The number of benzene rings is 4. The molecule has 0 fully saturated rings. The highest BCUT2D eigenvalue weighted by atomic mass is 79.9. The molecule has 0 bridgehead atoms. The Kier molecular flexibility index (Phi) is 7.07. The molecule has 6 rings (SSSR count). The lowest BCUT2D eigenvalue weighted by atomic mass is 9.95. The van der Waals surface area contributed by atoms with Crippen molar-refractivity contribution in [1.29, 1.82) is 0 Å². The Morgan fingerprint density at radius 3 is 2.31 bits per heavy atom. The molecule has 0 aliphatic heterocycles. The number of fused-ring (bicyclic) bond motifs is 2. The van der Waals surface area contributed by atoms with Crippen molar-refractivity contribution in [3.8, 4) is 33.7 Å². The first-order valence-electron chi connectivity index (χ1n) is 13.6. The predicted molar refractivity (Wildman–Crippen MR) is 175 cm³/mol. The molecule has 6 nitrogen and oxygen atoms in total. The summed E-state index contributed by atoms with van der Waals surface area (Å²) in [6, 6.07) is 27.4. The normalized spacial score (nSPS) is 11.8. The second-order valence-corrected chi connectivity index (χ2v) is 13.3. The van der Waals surface area contributed by atoms with E-state index in [0.29, 0.717) is 40.0 Å². The van der Waals surface area contributed by atoms with Crippen molar-refractivity contribution in [3.63, 3.8) is 0 Å². The summed E-state index contributed by atoms with van der Waals surface area (Å²) in [7, 11) is -2.08. The van der Waals surface area contributed by atoms with E-state index < -0.39 is 10.0 Å². The molecule has 0 saturated carbocycles. The lowest BCUT2D eigenvalue weighted by Gasteiger charge is -2.21. The zero-order valence-electron chi connectivity index (χ0n) is 23.7. The summed E-state index contributed by atoms with van der Waals surface area (Å²) < 4.78 is 34.1. The minimum absolute atomic E-state index is 0.0461. The van der Waals surface area contributed by atoms with Gasteiger partial charge in [-0.25, -0.2) is 8.42 Å². The fraction of sp³-hybridized carbons (Fsp3) is 0.147. The van der Waals surface area contributed by atoms with Crippen molar-refractivity contribution in [2.45, 2.75) is 20.3 Å². The second kappa shape index (κ2) is 10.6. The average Bonchev–Trinajstić information content (AvgIpc) is 3.53. The van der Waals surface area contributed by atoms with Gasteiger partial charge in [0.2, 0.25) is 10.0 Å². The third-order valence-corrected chi connectivity index (χ3v) is 9.68. The smallest absolute Gasteiger partial charge is 0.232 e. The first-order chi connectivity index (χ1) is 20.1. The first kappa shape index (κ1) is 28.0. The molecule has 0 saturated heterocycles. The quantitative estimate of drug-likeness (QED) is 0.177. The Labute approximate surface area is 253 Å². The van der Waals surface area contributed by atoms with Gasteiger partial charge in [0.1, 0.15) is 11.3 Å². The van der Waals surface area contributed by atoms with Crippen molar-refractivity contribution >= 4 is 59.3 Å². The van der Waals surface area contributed by atoms with Crippen LogP contribution in [0.15, 0.2) is 93.8 Å². The molecule has 0 radical (unpaired) electrons. The number of aromatic nitrogens is 1. The van der Waals surface area contributed by atoms with Crippen molar-refractivity contribution < 1.29 is 17.6 Å². The van der Waals surface area contributed by atoms with Crippen LogP contribution in [0.25, 0.3) is 55.6 Å². The molecule has 1 N–H and O–H groups in total. The summed E-state index contributed by atoms with van der Waals surface area (Å²) in [6.45, 7) is 3.83. The molecule has 0 unspecified atom stereocenters. The Bertz CT molecular complexity index is 2110. The minimum atomic E-state index is -3.61. The summed E-state index contributed by atoms with van der Waals surface area (Å²) in [4.78, 5) is 16.9. The van der Waals surface area contributed by atoms with E-state index >= 15 is 0 Å². The molecule has 0 aliphatic carbocycles. The van der Waals surface area contributed by atoms with E-state index in [9.17, 15) is 13.2 Å². The van der Waals surface area contributed by atoms with Gasteiger partial charge in [0.05, 0.1) is 27.7 Å². The van der Waals surface area contributed by atoms with Gasteiger partial charge in [-0.05, 0) is 52.2 Å². The Hall–Kier alpha value is -4.14. The number of sulfonamides is 1. The number of hydrogen-bond donors (Lipinski definition) is 1. The highest BCUT2D eigenvalue weighted by Crippen LogP contribution is 2.43. The Morgan fingerprint density at radius 2 is 1.62 bits per heavy atom. The number of ketones is 1. The first-order valence-corrected chi connectivity index (χ1v) is 16.2. The van der Waals surface area contributed by atoms with Gasteiger partial charge >= 0.3 is 0 Å². The number of furan rings is 1. The Morgan fingerprint density at radius 1 is 0.905 bits per heavy atom. The van der Waals surface area contributed by atoms with Gasteiger partial charge in [0.15, 0.2) is 5.78 Å². The van der Waals surface area contributed by atoms with Crippen LogP contribution >= 0.6 is 15.9 Å². The number of para-hydroxylation sites is 1. The largest absolute Gasteiger partial charge is 0.455 e. The lowest BCUT2D eigenvalue weighted by molar-refractivity contribution is 0.0989. The summed E-state index contributed by atoms with van der Waals surface area (Å²) in [5, 5.41) is 1.72. The molecule has 0 aliphatic rings. The van der Waals surface area contributed by atoms with Crippen LogP contribution in [0.3, 0.4) is 0 Å². The zero-order chi connectivity index (χ0) is 29.8. The maximum atomic E-state index is 13.4. The van der Waals surface area contributed by atoms with E-state index in [-0.39, 0.29) is 5.78 Å². The SMILES string of the molecule is CCC(=O)c1c(-c2ccc(C)cc2)oc2cc(N(C)S(C)(=O)=O)c(-c3cccc(-c4[nH]c5ccccc5c4Br)c3)cc12. The number of H-pyrrole nitrogens is 1. The van der Waals surface area contributed by atoms with Gasteiger partial charge in [0.25, 0.3) is 0 Å². The van der Waals surface area contributed by atoms with Gasteiger partial charge in [-0.2, -0.15) is 0 Å². The van der Waals surface area contributed by atoms with Gasteiger partial charge < -0.3 is 9.40 Å². The van der Waals surface area contributed by atoms with Crippen LogP contribution in [-0.4, -0.2) is 32.5 Å². The number of carbonyl (C=O) groups excluding carboxylic acids is 1. The van der Waals surface area contributed by atoms with E-state index in [1.807, 2.05) is 92.7 Å². The van der Waals surface area contributed by atoms with Gasteiger partial charge in [-0.3, -0.25) is 9.10 Å². The fourth-order valence-corrected chi connectivity index (χ4v) is 6.50. The monoisotopic (exact) mass is 640 g/mol. The summed E-state index contributed by atoms with van der Waals surface area (Å²) in [5.74, 6) is 0.438. The number of anilines is 1. The standard InChI is InChI=1S/C34H29BrN2O4S/c1-5-29(38)31-26-18-25(22-9-8-10-23(17-22)33-32(35)24-11-6-7-12-27(24)36-33)28(37(3)42(4,39)40)19-30(26)41-34(31)21-15-13-20(2)14-16-21/h6-19,36H,5H2,1-4H3. The number of hydrogen-bond acceptors (Lipinski definition) is 4. The number of nitrogens with zero attached hydrogens (tertiary/aromatic N) is 1. The summed E-state index contributed by atoms with van der Waals surface area (Å²) in [6.07, 6.45) is 1.47. The lowest BCUT2D eigenvalue weighted by Crippen LogP contribution is -2.25. The summed E-state index contributed by atoms with van der Waals surface area (Å²) >= 11 is 3.76. The molecule has 0 amide bonds. The van der Waals surface area contributed by atoms with Gasteiger partial charge in [0, 0.05) is 47.0 Å². The van der Waals surface area contributed by atoms with Crippen molar-refractivity contribution in [2.75, 3.05) is 17.6 Å². The van der Waals surface area contributed by atoms with Crippen molar-refractivity contribution in [2.24, 2.45) is 0 Å². The number of halogens is 1. The molecular weight excluding hydrogens is 612 g/mol. The fourth-order valence-electron chi connectivity index (χ4n) is 5.31. The molecule has 2 heterocycles.